The molecule has 0 aliphatic rings. The van der Waals surface area contributed by atoms with Gasteiger partial charge in [-0.05, 0) is 42.8 Å². The van der Waals surface area contributed by atoms with Crippen molar-refractivity contribution >= 4 is 11.8 Å². The van der Waals surface area contributed by atoms with Gasteiger partial charge in [-0.25, -0.2) is 5.48 Å². The topological polar surface area (TPSA) is 108 Å². The zero-order valence-electron chi connectivity index (χ0n) is 14.4. The molecule has 0 saturated carbocycles. The summed E-state index contributed by atoms with van der Waals surface area (Å²) in [5.41, 5.74) is 1.96. The molecule has 0 saturated heterocycles. The fraction of sp³-hybridized carbons (Fsp3) is 0.263. The molecular weight excluding hydrogens is 336 g/mol. The fourth-order valence-electron chi connectivity index (χ4n) is 2.39. The van der Waals surface area contributed by atoms with Gasteiger partial charge in [0, 0.05) is 11.5 Å². The molecule has 2 atom stereocenters. The number of nitrogens with one attached hydrogen (secondary N) is 2. The molecule has 2 aromatic carbocycles. The van der Waals surface area contributed by atoms with E-state index in [0.717, 1.165) is 0 Å². The molecule has 0 heterocycles. The van der Waals surface area contributed by atoms with Gasteiger partial charge in [0.05, 0.1) is 12.6 Å². The zero-order chi connectivity index (χ0) is 18.9. The van der Waals surface area contributed by atoms with Gasteiger partial charge in [0.25, 0.3) is 5.91 Å². The highest BCUT2D eigenvalue weighted by Crippen LogP contribution is 2.21. The van der Waals surface area contributed by atoms with Crippen LogP contribution in [0.15, 0.2) is 54.6 Å². The Balaban J connectivity index is 1.95. The summed E-state index contributed by atoms with van der Waals surface area (Å²) in [4.78, 5) is 23.6. The Morgan fingerprint density at radius 1 is 1.04 bits per heavy atom. The molecule has 4 N–H and O–H groups in total. The second kappa shape index (κ2) is 9.55. The van der Waals surface area contributed by atoms with Gasteiger partial charge in [0.2, 0.25) is 5.91 Å². The lowest BCUT2D eigenvalue weighted by Crippen LogP contribution is -2.40. The highest BCUT2D eigenvalue weighted by Gasteiger charge is 2.20. The summed E-state index contributed by atoms with van der Waals surface area (Å²) in [5, 5.41) is 20.7. The molecule has 0 radical (unpaired) electrons. The van der Waals surface area contributed by atoms with Crippen molar-refractivity contribution in [3.8, 4) is 11.5 Å². The van der Waals surface area contributed by atoms with Crippen LogP contribution in [0.3, 0.4) is 0 Å². The average Bonchev–Trinajstić information content (AvgIpc) is 2.67. The van der Waals surface area contributed by atoms with Gasteiger partial charge >= 0.3 is 0 Å². The third-order valence-electron chi connectivity index (χ3n) is 3.85. The summed E-state index contributed by atoms with van der Waals surface area (Å²) >= 11 is 0. The molecule has 0 spiro atoms. The Morgan fingerprint density at radius 3 is 2.23 bits per heavy atom. The standard InChI is InChI=1S/C19H22N2O5/c1-13(18(23)21-25)11-15(12-22)20-19(24)14-7-9-17(10-8-14)26-16-5-3-2-4-6-16/h2-10,13,15,22,25H,11-12H2,1H3,(H,20,24)(H,21,23). The molecule has 0 aliphatic carbocycles. The van der Waals surface area contributed by atoms with Crippen LogP contribution in [0.5, 0.6) is 11.5 Å². The number of aliphatic hydroxyl groups excluding tert-OH is 1. The molecule has 7 nitrogen and oxygen atoms in total. The van der Waals surface area contributed by atoms with Crippen molar-refractivity contribution < 1.29 is 24.6 Å². The van der Waals surface area contributed by atoms with E-state index >= 15 is 0 Å². The third kappa shape index (κ3) is 5.58. The van der Waals surface area contributed by atoms with Crippen LogP contribution in [0.4, 0.5) is 0 Å². The molecule has 138 valence electrons. The summed E-state index contributed by atoms with van der Waals surface area (Å²) in [6.45, 7) is 1.28. The summed E-state index contributed by atoms with van der Waals surface area (Å²) in [6.07, 6.45) is 0.198. The molecule has 2 unspecified atom stereocenters. The minimum Gasteiger partial charge on any atom is -0.457 e. The molecule has 0 bridgehead atoms. The number of hydrogen-bond donors (Lipinski definition) is 4. The first kappa shape index (κ1) is 19.4. The van der Waals surface area contributed by atoms with Crippen molar-refractivity contribution in [2.24, 2.45) is 5.92 Å². The van der Waals surface area contributed by atoms with Crippen molar-refractivity contribution in [3.05, 3.63) is 60.2 Å². The van der Waals surface area contributed by atoms with Crippen LogP contribution in [0.2, 0.25) is 0 Å². The van der Waals surface area contributed by atoms with Crippen molar-refractivity contribution in [1.29, 1.82) is 0 Å². The lowest BCUT2D eigenvalue weighted by molar-refractivity contribution is -0.133. The molecule has 0 aliphatic heterocycles. The van der Waals surface area contributed by atoms with Crippen LogP contribution in [0.25, 0.3) is 0 Å². The monoisotopic (exact) mass is 358 g/mol. The van der Waals surface area contributed by atoms with Crippen molar-refractivity contribution in [1.82, 2.24) is 10.8 Å². The smallest absolute Gasteiger partial charge is 0.251 e. The zero-order valence-corrected chi connectivity index (χ0v) is 14.4. The molecule has 2 amide bonds. The number of para-hydroxylation sites is 1. The molecule has 0 aromatic heterocycles. The van der Waals surface area contributed by atoms with E-state index in [1.807, 2.05) is 30.3 Å². The van der Waals surface area contributed by atoms with Gasteiger partial charge in [-0.1, -0.05) is 25.1 Å². The quantitative estimate of drug-likeness (QED) is 0.427. The number of aliphatic hydroxyl groups is 1. The first-order chi connectivity index (χ1) is 12.5. The van der Waals surface area contributed by atoms with Crippen LogP contribution in [-0.2, 0) is 4.79 Å². The summed E-state index contributed by atoms with van der Waals surface area (Å²) in [6, 6.07) is 15.3. The van der Waals surface area contributed by atoms with Gasteiger partial charge in [-0.15, -0.1) is 0 Å². The summed E-state index contributed by atoms with van der Waals surface area (Å²) in [5.74, 6) is -0.202. The number of hydroxylamine groups is 1. The third-order valence-corrected chi connectivity index (χ3v) is 3.85. The van der Waals surface area contributed by atoms with E-state index in [1.165, 1.54) is 0 Å². The minimum atomic E-state index is -0.602. The van der Waals surface area contributed by atoms with Crippen LogP contribution in [0, 0.1) is 5.92 Å². The molecular formula is C19H22N2O5. The number of benzene rings is 2. The van der Waals surface area contributed by atoms with Crippen LogP contribution in [-0.4, -0.2) is 34.8 Å². The first-order valence-electron chi connectivity index (χ1n) is 8.22. The van der Waals surface area contributed by atoms with Crippen LogP contribution >= 0.6 is 0 Å². The predicted molar refractivity (Wildman–Crippen MR) is 95.0 cm³/mol. The van der Waals surface area contributed by atoms with E-state index in [4.69, 9.17) is 9.94 Å². The number of rotatable bonds is 8. The van der Waals surface area contributed by atoms with E-state index in [9.17, 15) is 14.7 Å². The van der Waals surface area contributed by atoms with Gasteiger partial charge in [-0.2, -0.15) is 0 Å². The number of amides is 2. The maximum Gasteiger partial charge on any atom is 0.251 e. The normalized spacial score (nSPS) is 12.7. The second-order valence-corrected chi connectivity index (χ2v) is 5.91. The predicted octanol–water partition coefficient (Wildman–Crippen LogP) is 2.10. The Bertz CT molecular complexity index is 718. The Morgan fingerprint density at radius 2 is 1.65 bits per heavy atom. The van der Waals surface area contributed by atoms with E-state index in [-0.39, 0.29) is 18.9 Å². The molecule has 7 heteroatoms. The average molecular weight is 358 g/mol. The van der Waals surface area contributed by atoms with Crippen LogP contribution < -0.4 is 15.5 Å². The van der Waals surface area contributed by atoms with E-state index < -0.39 is 17.9 Å². The van der Waals surface area contributed by atoms with Gasteiger partial charge in [0.15, 0.2) is 0 Å². The van der Waals surface area contributed by atoms with Crippen LogP contribution in [0.1, 0.15) is 23.7 Å². The number of hydrogen-bond acceptors (Lipinski definition) is 5. The lowest BCUT2D eigenvalue weighted by Gasteiger charge is -2.19. The summed E-state index contributed by atoms with van der Waals surface area (Å²) in [7, 11) is 0. The highest BCUT2D eigenvalue weighted by molar-refractivity contribution is 5.94. The van der Waals surface area contributed by atoms with E-state index in [0.29, 0.717) is 17.1 Å². The molecule has 0 fully saturated rings. The molecule has 2 rings (SSSR count). The SMILES string of the molecule is CC(CC(CO)NC(=O)c1ccc(Oc2ccccc2)cc1)C(=O)NO. The Hall–Kier alpha value is -2.90. The first-order valence-corrected chi connectivity index (χ1v) is 8.22. The number of carbonyl (C=O) groups is 2. The van der Waals surface area contributed by atoms with Crippen molar-refractivity contribution in [2.75, 3.05) is 6.61 Å². The van der Waals surface area contributed by atoms with Crippen molar-refractivity contribution in [2.45, 2.75) is 19.4 Å². The Kier molecular flexibility index (Phi) is 7.13. The minimum absolute atomic E-state index is 0.198. The second-order valence-electron chi connectivity index (χ2n) is 5.91. The number of ether oxygens (including phenoxy) is 1. The Labute approximate surface area is 151 Å². The largest absolute Gasteiger partial charge is 0.457 e. The van der Waals surface area contributed by atoms with Gasteiger partial charge in [-0.3, -0.25) is 14.8 Å². The highest BCUT2D eigenvalue weighted by atomic mass is 16.5. The lowest BCUT2D eigenvalue weighted by atomic mass is 10.0. The van der Waals surface area contributed by atoms with E-state index in [2.05, 4.69) is 5.32 Å². The van der Waals surface area contributed by atoms with Gasteiger partial charge in [0.1, 0.15) is 11.5 Å². The molecule has 2 aromatic rings. The van der Waals surface area contributed by atoms with E-state index in [1.54, 1.807) is 36.7 Å². The molecule has 26 heavy (non-hydrogen) atoms. The maximum absolute atomic E-state index is 12.3. The van der Waals surface area contributed by atoms with Gasteiger partial charge < -0.3 is 15.2 Å². The fourth-order valence-corrected chi connectivity index (χ4v) is 2.39. The maximum atomic E-state index is 12.3. The number of carbonyl (C=O) groups excluding carboxylic acids is 2. The summed E-state index contributed by atoms with van der Waals surface area (Å²) < 4.78 is 5.67. The van der Waals surface area contributed by atoms with Crippen molar-refractivity contribution in [3.63, 3.8) is 0 Å².